The van der Waals surface area contributed by atoms with E-state index in [4.69, 9.17) is 0 Å². The molecule has 0 saturated carbocycles. The van der Waals surface area contributed by atoms with Gasteiger partial charge in [-0.1, -0.05) is 135 Å². The largest absolute Gasteiger partial charge is 0.0757 e. The van der Waals surface area contributed by atoms with Crippen molar-refractivity contribution in [2.45, 2.75) is 32.1 Å². The van der Waals surface area contributed by atoms with Gasteiger partial charge in [-0.2, -0.15) is 0 Å². The highest BCUT2D eigenvalue weighted by Crippen LogP contribution is 2.44. The van der Waals surface area contributed by atoms with E-state index in [9.17, 15) is 0 Å². The zero-order valence-electron chi connectivity index (χ0n) is 25.8. The first-order valence-corrected chi connectivity index (χ1v) is 16.2. The van der Waals surface area contributed by atoms with Gasteiger partial charge in [0, 0.05) is 5.41 Å². The normalized spacial score (nSPS) is 14.6. The van der Waals surface area contributed by atoms with Crippen LogP contribution >= 0.6 is 0 Å². The number of rotatable bonds is 4. The molecule has 0 aliphatic heterocycles. The Morgan fingerprint density at radius 1 is 0.444 bits per heavy atom. The molecule has 2 aliphatic rings. The molecule has 0 unspecified atom stereocenters. The summed E-state index contributed by atoms with van der Waals surface area (Å²) < 4.78 is 0. The zero-order valence-corrected chi connectivity index (χ0v) is 25.8. The third-order valence-corrected chi connectivity index (χ3v) is 10.3. The maximum absolute atomic E-state index is 2.49. The van der Waals surface area contributed by atoms with Crippen LogP contribution < -0.4 is 10.4 Å². The van der Waals surface area contributed by atoms with Crippen molar-refractivity contribution in [2.75, 3.05) is 0 Å². The average molecular weight is 575 g/mol. The van der Waals surface area contributed by atoms with Crippen LogP contribution in [-0.4, -0.2) is 0 Å². The second-order valence-corrected chi connectivity index (χ2v) is 13.2. The van der Waals surface area contributed by atoms with E-state index >= 15 is 0 Å². The van der Waals surface area contributed by atoms with E-state index in [1.165, 1.54) is 82.1 Å². The minimum Gasteiger partial charge on any atom is -0.0757 e. The van der Waals surface area contributed by atoms with Gasteiger partial charge in [0.2, 0.25) is 0 Å². The van der Waals surface area contributed by atoms with Crippen LogP contribution in [0.5, 0.6) is 0 Å². The van der Waals surface area contributed by atoms with Crippen molar-refractivity contribution in [3.63, 3.8) is 0 Å². The van der Waals surface area contributed by atoms with Crippen LogP contribution in [0.2, 0.25) is 0 Å². The van der Waals surface area contributed by atoms with Crippen LogP contribution in [0.4, 0.5) is 0 Å². The van der Waals surface area contributed by atoms with E-state index in [1.807, 2.05) is 0 Å². The highest BCUT2D eigenvalue weighted by molar-refractivity contribution is 6.13. The van der Waals surface area contributed by atoms with Crippen LogP contribution in [0.3, 0.4) is 0 Å². The molecule has 0 atom stereocenters. The Balaban J connectivity index is 1.22. The molecule has 0 heteroatoms. The second-order valence-electron chi connectivity index (χ2n) is 13.2. The molecule has 0 amide bonds. The lowest BCUT2D eigenvalue weighted by molar-refractivity contribution is 0.678. The molecule has 0 radical (unpaired) electrons. The van der Waals surface area contributed by atoms with Gasteiger partial charge in [-0.3, -0.25) is 0 Å². The summed E-state index contributed by atoms with van der Waals surface area (Å²) in [6.07, 6.45) is 4.78. The molecule has 0 nitrogen and oxygen atoms in total. The van der Waals surface area contributed by atoms with Gasteiger partial charge in [0.05, 0.1) is 0 Å². The van der Waals surface area contributed by atoms with Crippen molar-refractivity contribution in [1.82, 2.24) is 0 Å². The minimum atomic E-state index is 0.0896. The standard InChI is InChI=1S/C45H34/c1-45(2)41-20-10-18-38-37-23-22-33(28-40(37)39-19-11-21-42(45)44(39)43(38)41)31-16-9-17-32(24-31)36-26-34(29-12-5-3-6-13-29)25-35(27-36)30-14-7-4-8-15-30/h3-9,11-19,21-28H,10,20H2,1-2H3. The highest BCUT2D eigenvalue weighted by Gasteiger charge is 2.35. The van der Waals surface area contributed by atoms with Crippen LogP contribution in [-0.2, 0) is 5.41 Å². The molecule has 0 aromatic heterocycles. The topological polar surface area (TPSA) is 0 Å². The monoisotopic (exact) mass is 574 g/mol. The molecule has 0 bridgehead atoms. The molecule has 7 aromatic rings. The summed E-state index contributed by atoms with van der Waals surface area (Å²) in [5, 5.41) is 8.58. The van der Waals surface area contributed by atoms with Gasteiger partial charge >= 0.3 is 0 Å². The quantitative estimate of drug-likeness (QED) is 0.183. The molecular weight excluding hydrogens is 540 g/mol. The van der Waals surface area contributed by atoms with Crippen LogP contribution in [0, 0.1) is 0 Å². The molecular formula is C45H34. The Morgan fingerprint density at radius 2 is 1.00 bits per heavy atom. The van der Waals surface area contributed by atoms with Crippen molar-refractivity contribution < 1.29 is 0 Å². The zero-order chi connectivity index (χ0) is 30.1. The summed E-state index contributed by atoms with van der Waals surface area (Å²) in [6.45, 7) is 4.84. The molecule has 214 valence electrons. The van der Waals surface area contributed by atoms with Crippen LogP contribution in [0.25, 0.3) is 77.7 Å². The lowest BCUT2D eigenvalue weighted by atomic mass is 9.78. The Hall–Kier alpha value is -5.20. The van der Waals surface area contributed by atoms with E-state index < -0.39 is 0 Å². The summed E-state index contributed by atoms with van der Waals surface area (Å²) in [6, 6.07) is 51.6. The molecule has 7 aromatic carbocycles. The van der Waals surface area contributed by atoms with Crippen molar-refractivity contribution in [3.05, 3.63) is 156 Å². The van der Waals surface area contributed by atoms with Gasteiger partial charge in [-0.25, -0.2) is 0 Å². The molecule has 0 saturated heterocycles. The van der Waals surface area contributed by atoms with Gasteiger partial charge < -0.3 is 0 Å². The number of fused-ring (bicyclic) bond motifs is 3. The fraction of sp³-hybridized carbons (Fsp3) is 0.111. The number of benzene rings is 7. The van der Waals surface area contributed by atoms with Crippen molar-refractivity contribution in [1.29, 1.82) is 0 Å². The number of hydrogen-bond donors (Lipinski definition) is 0. The lowest BCUT2D eigenvalue weighted by Crippen LogP contribution is -2.31. The van der Waals surface area contributed by atoms with Crippen molar-refractivity contribution in [2.24, 2.45) is 0 Å². The van der Waals surface area contributed by atoms with Crippen molar-refractivity contribution >= 4 is 33.2 Å². The third-order valence-electron chi connectivity index (χ3n) is 10.3. The SMILES string of the molecule is CC1(C)C2=c3c(c4ccc(-c5cccc(-c6cc(-c7ccccc7)cc(-c7ccccc7)c6)c5)cc4c4cccc1c34)=CCC2. The first kappa shape index (κ1) is 26.2. The molecule has 0 fully saturated rings. The third kappa shape index (κ3) is 4.06. The molecule has 9 rings (SSSR count). The molecule has 45 heavy (non-hydrogen) atoms. The summed E-state index contributed by atoms with van der Waals surface area (Å²) in [7, 11) is 0. The molecule has 0 heterocycles. The first-order valence-electron chi connectivity index (χ1n) is 16.2. The molecule has 2 aliphatic carbocycles. The number of hydrogen-bond acceptors (Lipinski definition) is 0. The summed E-state index contributed by atoms with van der Waals surface area (Å²) >= 11 is 0. The van der Waals surface area contributed by atoms with Gasteiger partial charge in [0.1, 0.15) is 0 Å². The first-order chi connectivity index (χ1) is 22.1. The van der Waals surface area contributed by atoms with Gasteiger partial charge in [-0.05, 0) is 125 Å². The Labute approximate surface area is 264 Å². The van der Waals surface area contributed by atoms with Crippen molar-refractivity contribution in [3.8, 4) is 44.5 Å². The predicted molar refractivity (Wildman–Crippen MR) is 193 cm³/mol. The highest BCUT2D eigenvalue weighted by atomic mass is 14.4. The Kier molecular flexibility index (Phi) is 5.77. The maximum atomic E-state index is 2.49. The summed E-state index contributed by atoms with van der Waals surface area (Å²) in [5.74, 6) is 0. The molecule has 0 N–H and O–H groups in total. The fourth-order valence-corrected chi connectivity index (χ4v) is 8.08. The predicted octanol–water partition coefficient (Wildman–Crippen LogP) is 10.7. The van der Waals surface area contributed by atoms with Crippen LogP contribution in [0.1, 0.15) is 32.3 Å². The van der Waals surface area contributed by atoms with E-state index in [1.54, 1.807) is 5.57 Å². The summed E-state index contributed by atoms with van der Waals surface area (Å²) in [4.78, 5) is 0. The lowest BCUT2D eigenvalue weighted by Gasteiger charge is -2.25. The minimum absolute atomic E-state index is 0.0896. The molecule has 0 spiro atoms. The summed E-state index contributed by atoms with van der Waals surface area (Å²) in [5.41, 5.74) is 13.1. The average Bonchev–Trinajstić information content (AvgIpc) is 3.35. The van der Waals surface area contributed by atoms with E-state index in [2.05, 4.69) is 159 Å². The Bertz CT molecular complexity index is 2370. The van der Waals surface area contributed by atoms with Gasteiger partial charge in [0.25, 0.3) is 0 Å². The van der Waals surface area contributed by atoms with E-state index in [0.29, 0.717) is 0 Å². The second kappa shape index (κ2) is 9.91. The van der Waals surface area contributed by atoms with E-state index in [-0.39, 0.29) is 5.41 Å². The maximum Gasteiger partial charge on any atom is 0.0121 e. The van der Waals surface area contributed by atoms with Crippen LogP contribution in [0.15, 0.2) is 140 Å². The van der Waals surface area contributed by atoms with E-state index in [0.717, 1.165) is 12.8 Å². The smallest absolute Gasteiger partial charge is 0.0121 e. The fourth-order valence-electron chi connectivity index (χ4n) is 8.08. The van der Waals surface area contributed by atoms with Gasteiger partial charge in [-0.15, -0.1) is 0 Å². The Morgan fingerprint density at radius 3 is 1.69 bits per heavy atom. The van der Waals surface area contributed by atoms with Gasteiger partial charge in [0.15, 0.2) is 0 Å².